The Kier molecular flexibility index (Phi) is 1.57. The zero-order valence-corrected chi connectivity index (χ0v) is 5.41. The highest BCUT2D eigenvalue weighted by atomic mass is 16.5. The van der Waals surface area contributed by atoms with Crippen molar-refractivity contribution in [1.29, 1.82) is 0 Å². The van der Waals surface area contributed by atoms with E-state index in [2.05, 4.69) is 0 Å². The van der Waals surface area contributed by atoms with Gasteiger partial charge in [0.1, 0.15) is 0 Å². The van der Waals surface area contributed by atoms with Crippen LogP contribution in [-0.4, -0.2) is 39.1 Å². The summed E-state index contributed by atoms with van der Waals surface area (Å²) in [5.74, 6) is 0.579. The van der Waals surface area contributed by atoms with E-state index in [-0.39, 0.29) is 0 Å². The second-order valence-electron chi connectivity index (χ2n) is 2.02. The summed E-state index contributed by atoms with van der Waals surface area (Å²) >= 11 is 0. The molecule has 1 heterocycles. The SMILES string of the molecule is CCC1=[N+](O)CCN1O. The Morgan fingerprint density at radius 1 is 1.78 bits per heavy atom. The van der Waals surface area contributed by atoms with Gasteiger partial charge in [-0.3, -0.25) is 0 Å². The van der Waals surface area contributed by atoms with Gasteiger partial charge in [0.15, 0.2) is 13.1 Å². The lowest BCUT2D eigenvalue weighted by Crippen LogP contribution is -2.24. The Hall–Kier alpha value is -0.770. The van der Waals surface area contributed by atoms with Crippen LogP contribution in [0.5, 0.6) is 0 Å². The molecule has 0 atom stereocenters. The molecule has 0 bridgehead atoms. The minimum atomic E-state index is 0.500. The van der Waals surface area contributed by atoms with Gasteiger partial charge >= 0.3 is 5.84 Å². The van der Waals surface area contributed by atoms with E-state index in [0.29, 0.717) is 25.3 Å². The van der Waals surface area contributed by atoms with Crippen molar-refractivity contribution in [2.24, 2.45) is 0 Å². The van der Waals surface area contributed by atoms with Crippen LogP contribution in [0, 0.1) is 0 Å². The predicted molar refractivity (Wildman–Crippen MR) is 30.7 cm³/mol. The lowest BCUT2D eigenvalue weighted by atomic mass is 10.4. The maximum atomic E-state index is 8.95. The van der Waals surface area contributed by atoms with Gasteiger partial charge in [0.25, 0.3) is 0 Å². The van der Waals surface area contributed by atoms with Crippen LogP contribution in [0.3, 0.4) is 0 Å². The number of hydrogen-bond donors (Lipinski definition) is 2. The molecule has 0 aliphatic carbocycles. The molecular formula is C5H11N2O2+. The second kappa shape index (κ2) is 2.23. The standard InChI is InChI=1S/C5H11N2O2/c1-2-5-6(8)3-4-7(5)9/h8-9H,2-4H2,1H3/q+1. The molecule has 4 heteroatoms. The van der Waals surface area contributed by atoms with Crippen LogP contribution >= 0.6 is 0 Å². The van der Waals surface area contributed by atoms with Gasteiger partial charge in [0, 0.05) is 0 Å². The summed E-state index contributed by atoms with van der Waals surface area (Å²) in [5, 5.41) is 19.0. The first-order valence-electron chi connectivity index (χ1n) is 3.04. The fraction of sp³-hybridized carbons (Fsp3) is 0.800. The zero-order valence-electron chi connectivity index (χ0n) is 5.41. The maximum Gasteiger partial charge on any atom is 0.315 e. The molecule has 0 radical (unpaired) electrons. The van der Waals surface area contributed by atoms with Gasteiger partial charge in [-0.05, 0) is 0 Å². The third-order valence-corrected chi connectivity index (χ3v) is 1.44. The molecule has 1 aliphatic heterocycles. The molecule has 4 nitrogen and oxygen atoms in total. The molecule has 0 saturated carbocycles. The van der Waals surface area contributed by atoms with Gasteiger partial charge in [-0.2, -0.15) is 0 Å². The average molecular weight is 131 g/mol. The summed E-state index contributed by atoms with van der Waals surface area (Å²) in [6, 6.07) is 0. The van der Waals surface area contributed by atoms with Gasteiger partial charge in [-0.15, -0.1) is 5.06 Å². The summed E-state index contributed by atoms with van der Waals surface area (Å²) in [4.78, 5) is 0. The Balaban J connectivity index is 2.69. The molecule has 1 rings (SSSR count). The molecular weight excluding hydrogens is 120 g/mol. The fourth-order valence-corrected chi connectivity index (χ4v) is 0.946. The van der Waals surface area contributed by atoms with E-state index in [4.69, 9.17) is 10.4 Å². The van der Waals surface area contributed by atoms with E-state index in [9.17, 15) is 0 Å². The quantitative estimate of drug-likeness (QED) is 0.386. The van der Waals surface area contributed by atoms with Crippen molar-refractivity contribution >= 4 is 5.84 Å². The summed E-state index contributed by atoms with van der Waals surface area (Å²) in [6.07, 6.45) is 0.660. The van der Waals surface area contributed by atoms with Crippen LogP contribution in [0.1, 0.15) is 13.3 Å². The minimum Gasteiger partial charge on any atom is -0.355 e. The van der Waals surface area contributed by atoms with E-state index >= 15 is 0 Å². The Morgan fingerprint density at radius 3 is 2.67 bits per heavy atom. The van der Waals surface area contributed by atoms with Crippen LogP contribution < -0.4 is 0 Å². The number of hydrogen-bond acceptors (Lipinski definition) is 3. The van der Waals surface area contributed by atoms with Gasteiger partial charge in [0.05, 0.1) is 6.42 Å². The van der Waals surface area contributed by atoms with Crippen molar-refractivity contribution in [3.8, 4) is 0 Å². The highest BCUT2D eigenvalue weighted by Gasteiger charge is 2.27. The van der Waals surface area contributed by atoms with Crippen LogP contribution in [0.25, 0.3) is 0 Å². The van der Waals surface area contributed by atoms with Crippen molar-refractivity contribution < 1.29 is 15.2 Å². The second-order valence-corrected chi connectivity index (χ2v) is 2.02. The molecule has 0 unspecified atom stereocenters. The number of rotatable bonds is 1. The minimum absolute atomic E-state index is 0.500. The molecule has 1 aliphatic rings. The molecule has 0 amide bonds. The monoisotopic (exact) mass is 131 g/mol. The van der Waals surface area contributed by atoms with Gasteiger partial charge in [0.2, 0.25) is 0 Å². The van der Waals surface area contributed by atoms with Crippen LogP contribution in [0.2, 0.25) is 0 Å². The summed E-state index contributed by atoms with van der Waals surface area (Å²) in [6.45, 7) is 2.88. The molecule has 0 aromatic heterocycles. The summed E-state index contributed by atoms with van der Waals surface area (Å²) < 4.78 is 1.07. The molecule has 0 saturated heterocycles. The highest BCUT2D eigenvalue weighted by Crippen LogP contribution is 1.98. The van der Waals surface area contributed by atoms with Crippen molar-refractivity contribution in [3.05, 3.63) is 0 Å². The first-order chi connectivity index (χ1) is 4.25. The van der Waals surface area contributed by atoms with E-state index in [1.165, 1.54) is 0 Å². The number of hydroxylamine groups is 3. The molecule has 0 aromatic carbocycles. The third-order valence-electron chi connectivity index (χ3n) is 1.44. The highest BCUT2D eigenvalue weighted by molar-refractivity contribution is 5.76. The largest absolute Gasteiger partial charge is 0.355 e. The van der Waals surface area contributed by atoms with E-state index in [0.717, 1.165) is 9.80 Å². The lowest BCUT2D eigenvalue weighted by Gasteiger charge is -1.97. The maximum absolute atomic E-state index is 8.95. The van der Waals surface area contributed by atoms with Crippen molar-refractivity contribution in [2.45, 2.75) is 13.3 Å². The van der Waals surface area contributed by atoms with E-state index in [1.54, 1.807) is 0 Å². The number of nitrogens with zero attached hydrogens (tertiary/aromatic N) is 2. The summed E-state index contributed by atoms with van der Waals surface area (Å²) in [5.41, 5.74) is 0. The topological polar surface area (TPSA) is 46.7 Å². The molecule has 2 N–H and O–H groups in total. The Morgan fingerprint density at radius 2 is 2.44 bits per heavy atom. The van der Waals surface area contributed by atoms with Gasteiger partial charge in [-0.1, -0.05) is 11.7 Å². The average Bonchev–Trinajstić information content (AvgIpc) is 2.12. The number of amidine groups is 1. The normalized spacial score (nSPS) is 19.6. The van der Waals surface area contributed by atoms with E-state index < -0.39 is 0 Å². The Bertz CT molecular complexity index is 144. The molecule has 0 aromatic rings. The van der Waals surface area contributed by atoms with Crippen LogP contribution in [0.15, 0.2) is 0 Å². The van der Waals surface area contributed by atoms with Gasteiger partial charge in [-0.25, -0.2) is 5.21 Å². The third kappa shape index (κ3) is 0.977. The van der Waals surface area contributed by atoms with Crippen LogP contribution in [-0.2, 0) is 0 Å². The van der Waals surface area contributed by atoms with E-state index in [1.807, 2.05) is 6.92 Å². The van der Waals surface area contributed by atoms with Crippen LogP contribution in [0.4, 0.5) is 0 Å². The molecule has 52 valence electrons. The zero-order chi connectivity index (χ0) is 6.85. The lowest BCUT2D eigenvalue weighted by molar-refractivity contribution is -0.769. The predicted octanol–water partition coefficient (Wildman–Crippen LogP) is -0.0986. The first-order valence-corrected chi connectivity index (χ1v) is 3.04. The van der Waals surface area contributed by atoms with Crippen molar-refractivity contribution in [3.63, 3.8) is 0 Å². The first kappa shape index (κ1) is 6.35. The van der Waals surface area contributed by atoms with Crippen molar-refractivity contribution in [2.75, 3.05) is 13.1 Å². The molecule has 9 heavy (non-hydrogen) atoms. The Labute approximate surface area is 53.6 Å². The van der Waals surface area contributed by atoms with Crippen molar-refractivity contribution in [1.82, 2.24) is 5.06 Å². The molecule has 0 fully saturated rings. The van der Waals surface area contributed by atoms with Gasteiger partial charge < -0.3 is 5.21 Å². The molecule has 0 spiro atoms. The smallest absolute Gasteiger partial charge is 0.315 e. The summed E-state index contributed by atoms with van der Waals surface area (Å²) in [7, 11) is 0. The fourth-order valence-electron chi connectivity index (χ4n) is 0.946.